The fourth-order valence-corrected chi connectivity index (χ4v) is 6.31. The number of alkyl carbamates (subject to hydrolysis) is 2. The molecule has 2 aliphatic heterocycles. The monoisotopic (exact) mass is 873 g/mol. The molecule has 0 unspecified atom stereocenters. The number of halogens is 2. The van der Waals surface area contributed by atoms with Crippen LogP contribution in [-0.2, 0) is 35.1 Å². The molecule has 3 rings (SSSR count). The molecule has 0 saturated carbocycles. The molecule has 2 amide bonds. The van der Waals surface area contributed by atoms with Crippen molar-refractivity contribution in [1.29, 1.82) is 0 Å². The summed E-state index contributed by atoms with van der Waals surface area (Å²) in [5.74, 6) is -1.60. The first-order valence-corrected chi connectivity index (χ1v) is 20.7. The first-order chi connectivity index (χ1) is 28.0. The van der Waals surface area contributed by atoms with Crippen LogP contribution in [-0.4, -0.2) is 94.6 Å². The van der Waals surface area contributed by atoms with Crippen LogP contribution in [0.5, 0.6) is 0 Å². The molecule has 1 aromatic rings. The number of carbonyl (C=O) groups excluding carboxylic acids is 4. The molecular weight excluding hydrogens is 809 g/mol. The summed E-state index contributed by atoms with van der Waals surface area (Å²) in [7, 11) is 0. The first kappa shape index (κ1) is 51.9. The fraction of sp³-hybridized carbons (Fsp3) is 0.636. The number of benzene rings is 1. The maximum atomic E-state index is 13.8. The van der Waals surface area contributed by atoms with Gasteiger partial charge in [-0.15, -0.1) is 0 Å². The summed E-state index contributed by atoms with van der Waals surface area (Å²) >= 11 is 6.21. The van der Waals surface area contributed by atoms with E-state index in [4.69, 9.17) is 43.7 Å². The number of hydrogen-bond donors (Lipinski definition) is 3. The second-order valence-corrected chi connectivity index (χ2v) is 19.2. The van der Waals surface area contributed by atoms with Crippen molar-refractivity contribution in [3.05, 3.63) is 80.3 Å². The van der Waals surface area contributed by atoms with Crippen LogP contribution in [0.25, 0.3) is 9.69 Å². The number of nitrogens with zero attached hydrogens (tertiary/aromatic N) is 4. The molecule has 3 N–H and O–H groups in total. The summed E-state index contributed by atoms with van der Waals surface area (Å²) in [6.45, 7) is 40.2. The molecular formula is C44H65ClFN7O8. The molecule has 1 aromatic carbocycles. The van der Waals surface area contributed by atoms with Gasteiger partial charge in [0.05, 0.1) is 13.1 Å². The van der Waals surface area contributed by atoms with Gasteiger partial charge in [-0.3, -0.25) is 9.59 Å². The molecule has 2 fully saturated rings. The lowest BCUT2D eigenvalue weighted by molar-refractivity contribution is -0.150. The van der Waals surface area contributed by atoms with E-state index in [1.165, 1.54) is 18.2 Å². The third-order valence-electron chi connectivity index (χ3n) is 8.50. The molecule has 0 spiro atoms. The van der Waals surface area contributed by atoms with Crippen molar-refractivity contribution in [3.8, 4) is 0 Å². The van der Waals surface area contributed by atoms with Crippen LogP contribution in [0.2, 0.25) is 5.02 Å². The molecule has 15 nitrogen and oxygen atoms in total. The van der Waals surface area contributed by atoms with Crippen molar-refractivity contribution < 1.29 is 42.5 Å². The fourth-order valence-electron chi connectivity index (χ4n) is 6.12. The van der Waals surface area contributed by atoms with E-state index in [1.807, 2.05) is 30.6 Å². The van der Waals surface area contributed by atoms with Gasteiger partial charge in [0.1, 0.15) is 34.0 Å². The maximum absolute atomic E-state index is 13.8. The Hall–Kier alpha value is -5.22. The summed E-state index contributed by atoms with van der Waals surface area (Å²) in [5.41, 5.74) is -1.85. The molecule has 2 aliphatic rings. The number of amides is 2. The van der Waals surface area contributed by atoms with E-state index < -0.39 is 52.3 Å². The smallest absolute Gasteiger partial charge is 0.407 e. The van der Waals surface area contributed by atoms with E-state index >= 15 is 0 Å². The predicted molar refractivity (Wildman–Crippen MR) is 231 cm³/mol. The van der Waals surface area contributed by atoms with Gasteiger partial charge in [0.15, 0.2) is 0 Å². The number of esters is 2. The molecule has 338 valence electrons. The number of carbonyl (C=O) groups is 4. The Balaban J connectivity index is 0.000000440. The minimum Gasteiger partial charge on any atom is -0.465 e. The summed E-state index contributed by atoms with van der Waals surface area (Å²) in [6, 6.07) is 3.63. The minimum absolute atomic E-state index is 0.0159. The second-order valence-electron chi connectivity index (χ2n) is 18.8. The summed E-state index contributed by atoms with van der Waals surface area (Å²) in [5, 5.41) is 9.17. The average molecular weight is 874 g/mol. The average Bonchev–Trinajstić information content (AvgIpc) is 3.09. The van der Waals surface area contributed by atoms with E-state index in [1.54, 1.807) is 69.2 Å². The Bertz CT molecular complexity index is 1880. The second kappa shape index (κ2) is 22.0. The van der Waals surface area contributed by atoms with E-state index in [0.29, 0.717) is 48.8 Å². The van der Waals surface area contributed by atoms with Crippen molar-refractivity contribution in [2.75, 3.05) is 26.2 Å². The number of likely N-dealkylation sites (tertiary alicyclic amines) is 2. The highest BCUT2D eigenvalue weighted by molar-refractivity contribution is 6.31. The van der Waals surface area contributed by atoms with Gasteiger partial charge >= 0.3 is 29.8 Å². The lowest BCUT2D eigenvalue weighted by atomic mass is 10.0. The van der Waals surface area contributed by atoms with Gasteiger partial charge in [0, 0.05) is 55.5 Å². The van der Waals surface area contributed by atoms with Gasteiger partial charge in [0.25, 0.3) is 5.70 Å². The zero-order chi connectivity index (χ0) is 46.5. The van der Waals surface area contributed by atoms with Gasteiger partial charge in [0.2, 0.25) is 0 Å². The number of allylic oxidation sites excluding steroid dienone is 1. The Morgan fingerprint density at radius 3 is 1.59 bits per heavy atom. The van der Waals surface area contributed by atoms with E-state index in [0.717, 1.165) is 19.4 Å². The number of hydrogen-bond acceptors (Lipinski definition) is 11. The van der Waals surface area contributed by atoms with Crippen LogP contribution in [0, 0.1) is 19.0 Å². The van der Waals surface area contributed by atoms with Gasteiger partial charge in [-0.2, -0.15) is 0 Å². The standard InChI is InChI=1S/C25H34ClFN4O4.C19H31N3O4/c1-24(2,3)34-22(32)20(28-7)21(29-14-16-13-17(27)10-11-19(16)26)31-12-8-9-18(15-31)30-23(33)35-25(4,5)6;1-13(15(20-8)16(23)25-18(2,3)4)22-11-9-10-14(12-22)21-17(24)26-19(5,6)7/h10-11,13,18,29H,8-9,12,14-15H2,1-6H3,(H,30,33);14H,9-12H2,1-7H3,(H,21,24)/b21-20+;15-13+/t18-;14-/m11/s1. The normalized spacial score (nSPS) is 18.0. The van der Waals surface area contributed by atoms with Crippen LogP contribution < -0.4 is 16.0 Å². The van der Waals surface area contributed by atoms with E-state index in [2.05, 4.69) is 25.6 Å². The Kier molecular flexibility index (Phi) is 18.8. The van der Waals surface area contributed by atoms with Gasteiger partial charge in [-0.25, -0.2) is 23.7 Å². The van der Waals surface area contributed by atoms with Crippen LogP contribution >= 0.6 is 11.6 Å². The van der Waals surface area contributed by atoms with Crippen molar-refractivity contribution in [2.45, 2.75) is 157 Å². The Labute approximate surface area is 366 Å². The molecule has 0 aliphatic carbocycles. The number of nitrogens with one attached hydrogen (secondary N) is 3. The zero-order valence-corrected chi connectivity index (χ0v) is 38.8. The number of piperidine rings is 2. The maximum Gasteiger partial charge on any atom is 0.407 e. The predicted octanol–water partition coefficient (Wildman–Crippen LogP) is 8.46. The van der Waals surface area contributed by atoms with Gasteiger partial charge in [-0.05, 0) is 139 Å². The van der Waals surface area contributed by atoms with E-state index in [9.17, 15) is 23.6 Å². The third-order valence-corrected chi connectivity index (χ3v) is 8.87. The molecule has 61 heavy (non-hydrogen) atoms. The highest BCUT2D eigenvalue weighted by Gasteiger charge is 2.32. The first-order valence-electron chi connectivity index (χ1n) is 20.3. The van der Waals surface area contributed by atoms with Crippen LogP contribution in [0.1, 0.15) is 121 Å². The summed E-state index contributed by atoms with van der Waals surface area (Å²) < 4.78 is 35.2. The summed E-state index contributed by atoms with van der Waals surface area (Å²) in [4.78, 5) is 60.0. The van der Waals surface area contributed by atoms with E-state index in [-0.39, 0.29) is 35.8 Å². The number of rotatable bonds is 9. The molecule has 2 heterocycles. The Morgan fingerprint density at radius 1 is 0.721 bits per heavy atom. The van der Waals surface area contributed by atoms with Crippen molar-refractivity contribution in [1.82, 2.24) is 25.8 Å². The van der Waals surface area contributed by atoms with Crippen molar-refractivity contribution >= 4 is 35.7 Å². The molecule has 0 bridgehead atoms. The molecule has 17 heteroatoms. The number of ether oxygens (including phenoxy) is 4. The lowest BCUT2D eigenvalue weighted by Crippen LogP contribution is -2.50. The molecule has 2 saturated heterocycles. The SMILES string of the molecule is [C-]#[N+]/C(C(=O)OC(C)(C)C)=C(\C)N1CCC[C@@H](NC(=O)OC(C)(C)C)C1.[C-]#[N+]/C(C(=O)OC(C)(C)C)=C(\NCc1cc(F)ccc1Cl)N1CCC[C@@H](NC(=O)OC(C)(C)C)C1. The third kappa shape index (κ3) is 19.4. The highest BCUT2D eigenvalue weighted by Crippen LogP contribution is 2.24. The quantitative estimate of drug-likeness (QED) is 0.0947. The van der Waals surface area contributed by atoms with Crippen LogP contribution in [0.3, 0.4) is 0 Å². The van der Waals surface area contributed by atoms with Crippen LogP contribution in [0.4, 0.5) is 14.0 Å². The van der Waals surface area contributed by atoms with Crippen molar-refractivity contribution in [2.24, 2.45) is 0 Å². The minimum atomic E-state index is -0.799. The molecule has 2 atom stereocenters. The molecule has 0 aromatic heterocycles. The summed E-state index contributed by atoms with van der Waals surface area (Å²) in [6.07, 6.45) is 2.08. The van der Waals surface area contributed by atoms with Gasteiger partial charge < -0.3 is 44.7 Å². The van der Waals surface area contributed by atoms with Crippen molar-refractivity contribution in [3.63, 3.8) is 0 Å². The van der Waals surface area contributed by atoms with Gasteiger partial charge in [-0.1, -0.05) is 11.6 Å². The topological polar surface area (TPSA) is 156 Å². The lowest BCUT2D eigenvalue weighted by Gasteiger charge is -2.37. The largest absolute Gasteiger partial charge is 0.465 e. The zero-order valence-electron chi connectivity index (χ0n) is 38.1. The Morgan fingerprint density at radius 2 is 1.15 bits per heavy atom. The van der Waals surface area contributed by atoms with Crippen LogP contribution in [0.15, 0.2) is 41.1 Å². The molecule has 0 radical (unpaired) electrons. The highest BCUT2D eigenvalue weighted by atomic mass is 35.5.